The van der Waals surface area contributed by atoms with Crippen LogP contribution in [0.1, 0.15) is 23.6 Å². The summed E-state index contributed by atoms with van der Waals surface area (Å²) >= 11 is 0. The molecule has 3 fully saturated rings. The molecule has 0 radical (unpaired) electrons. The third-order valence-corrected chi connectivity index (χ3v) is 5.87. The largest absolute Gasteiger partial charge is 0.274 e. The highest BCUT2D eigenvalue weighted by Crippen LogP contribution is 2.48. The zero-order chi connectivity index (χ0) is 19.4. The number of rotatable bonds is 2. The average Bonchev–Trinajstić information content (AvgIpc) is 3.35. The number of imide groups is 1. The van der Waals surface area contributed by atoms with Crippen LogP contribution in [0.2, 0.25) is 0 Å². The van der Waals surface area contributed by atoms with Crippen LogP contribution in [0.25, 0.3) is 0 Å². The molecule has 0 aliphatic carbocycles. The van der Waals surface area contributed by atoms with E-state index in [0.29, 0.717) is 11.3 Å². The molecule has 3 atom stereocenters. The molecule has 0 bridgehead atoms. The van der Waals surface area contributed by atoms with Crippen LogP contribution in [0.5, 0.6) is 0 Å². The van der Waals surface area contributed by atoms with Crippen LogP contribution in [0, 0.1) is 23.1 Å². The van der Waals surface area contributed by atoms with Gasteiger partial charge in [0.05, 0.1) is 29.3 Å². The summed E-state index contributed by atoms with van der Waals surface area (Å²) in [5.74, 6) is -1.45. The number of hydrogen-bond donors (Lipinski definition) is 0. The SMILES string of the molecule is N#Cc1ccc([C@H]2[C@H]3C(=O)N(c4ccc(F)cc4)C(=O)[C@H]3N3CCCN23)cc1. The first-order valence-corrected chi connectivity index (χ1v) is 9.27. The topological polar surface area (TPSA) is 67.6 Å². The van der Waals surface area contributed by atoms with Gasteiger partial charge in [0.25, 0.3) is 5.91 Å². The smallest absolute Gasteiger partial charge is 0.253 e. The molecule has 2 aromatic carbocycles. The minimum absolute atomic E-state index is 0.248. The molecule has 5 rings (SSSR count). The molecule has 28 heavy (non-hydrogen) atoms. The maximum atomic E-state index is 13.3. The molecule has 6 nitrogen and oxygen atoms in total. The second-order valence-electron chi connectivity index (χ2n) is 7.32. The first kappa shape index (κ1) is 17.0. The first-order valence-electron chi connectivity index (χ1n) is 9.27. The predicted molar refractivity (Wildman–Crippen MR) is 98.1 cm³/mol. The number of nitrogens with zero attached hydrogens (tertiary/aromatic N) is 4. The number of hydrogen-bond acceptors (Lipinski definition) is 5. The van der Waals surface area contributed by atoms with Crippen molar-refractivity contribution in [3.63, 3.8) is 0 Å². The van der Waals surface area contributed by atoms with E-state index in [0.717, 1.165) is 25.1 Å². The Morgan fingerprint density at radius 1 is 0.893 bits per heavy atom. The molecule has 3 aliphatic heterocycles. The van der Waals surface area contributed by atoms with Crippen molar-refractivity contribution >= 4 is 17.5 Å². The van der Waals surface area contributed by atoms with Gasteiger partial charge in [-0.15, -0.1) is 0 Å². The van der Waals surface area contributed by atoms with Crippen LogP contribution in [0.15, 0.2) is 48.5 Å². The zero-order valence-corrected chi connectivity index (χ0v) is 15.0. The van der Waals surface area contributed by atoms with E-state index in [-0.39, 0.29) is 17.9 Å². The molecule has 0 N–H and O–H groups in total. The van der Waals surface area contributed by atoms with Crippen molar-refractivity contribution in [3.8, 4) is 6.07 Å². The number of carbonyl (C=O) groups is 2. The molecule has 3 heterocycles. The molecular weight excluding hydrogens is 359 g/mol. The van der Waals surface area contributed by atoms with Crippen molar-refractivity contribution in [2.75, 3.05) is 18.0 Å². The molecule has 2 amide bonds. The lowest BCUT2D eigenvalue weighted by molar-refractivity contribution is -0.126. The number of benzene rings is 2. The van der Waals surface area contributed by atoms with Crippen molar-refractivity contribution in [2.45, 2.75) is 18.5 Å². The highest BCUT2D eigenvalue weighted by Gasteiger charge is 2.62. The predicted octanol–water partition coefficient (Wildman–Crippen LogP) is 2.23. The van der Waals surface area contributed by atoms with Gasteiger partial charge in [-0.1, -0.05) is 12.1 Å². The number of amides is 2. The van der Waals surface area contributed by atoms with Gasteiger partial charge < -0.3 is 0 Å². The summed E-state index contributed by atoms with van der Waals surface area (Å²) in [5, 5.41) is 13.2. The standard InChI is InChI=1S/C21H17FN4O2/c22-15-6-8-16(9-7-15)26-20(27)17-18(14-4-2-13(12-23)3-5-14)24-10-1-11-25(24)19(17)21(26)28/h2-9,17-19H,1,10-11H2/t17-,18+,19+/m1/s1. The quantitative estimate of drug-likeness (QED) is 0.752. The summed E-state index contributed by atoms with van der Waals surface area (Å²) in [6.07, 6.45) is 0.925. The number of fused-ring (bicyclic) bond motifs is 3. The fourth-order valence-electron chi connectivity index (χ4n) is 4.71. The molecule has 0 aromatic heterocycles. The average molecular weight is 376 g/mol. The fourth-order valence-corrected chi connectivity index (χ4v) is 4.71. The summed E-state index contributed by atoms with van der Waals surface area (Å²) in [4.78, 5) is 27.7. The Morgan fingerprint density at radius 2 is 1.54 bits per heavy atom. The zero-order valence-electron chi connectivity index (χ0n) is 15.0. The van der Waals surface area contributed by atoms with Crippen LogP contribution in [0.4, 0.5) is 10.1 Å². The Morgan fingerprint density at radius 3 is 2.18 bits per heavy atom. The van der Waals surface area contributed by atoms with E-state index in [1.165, 1.54) is 29.2 Å². The maximum absolute atomic E-state index is 13.3. The molecule has 0 saturated carbocycles. The van der Waals surface area contributed by atoms with E-state index < -0.39 is 17.8 Å². The van der Waals surface area contributed by atoms with Gasteiger partial charge >= 0.3 is 0 Å². The number of anilines is 1. The molecule has 0 unspecified atom stereocenters. The van der Waals surface area contributed by atoms with Crippen LogP contribution in [-0.4, -0.2) is 41.0 Å². The van der Waals surface area contributed by atoms with Crippen molar-refractivity contribution in [3.05, 3.63) is 65.5 Å². The molecule has 0 spiro atoms. The summed E-state index contributed by atoms with van der Waals surface area (Å²) < 4.78 is 13.3. The van der Waals surface area contributed by atoms with Gasteiger partial charge in [-0.25, -0.2) is 19.3 Å². The van der Waals surface area contributed by atoms with Crippen LogP contribution in [0.3, 0.4) is 0 Å². The Kier molecular flexibility index (Phi) is 3.79. The number of halogens is 1. The maximum Gasteiger partial charge on any atom is 0.253 e. The minimum atomic E-state index is -0.541. The Balaban J connectivity index is 1.56. The number of carbonyl (C=O) groups excluding carboxylic acids is 2. The van der Waals surface area contributed by atoms with Crippen LogP contribution < -0.4 is 4.90 Å². The normalized spacial score (nSPS) is 27.1. The van der Waals surface area contributed by atoms with E-state index in [1.54, 1.807) is 12.1 Å². The lowest BCUT2D eigenvalue weighted by Crippen LogP contribution is -2.44. The van der Waals surface area contributed by atoms with Crippen molar-refractivity contribution in [1.29, 1.82) is 5.26 Å². The Bertz CT molecular complexity index is 999. The minimum Gasteiger partial charge on any atom is -0.274 e. The van der Waals surface area contributed by atoms with Gasteiger partial charge in [0.1, 0.15) is 11.9 Å². The van der Waals surface area contributed by atoms with Crippen LogP contribution in [-0.2, 0) is 9.59 Å². The van der Waals surface area contributed by atoms with E-state index in [4.69, 9.17) is 5.26 Å². The third kappa shape index (κ3) is 2.32. The molecular formula is C21H17FN4O2. The number of hydrazine groups is 1. The van der Waals surface area contributed by atoms with E-state index in [9.17, 15) is 14.0 Å². The molecule has 3 saturated heterocycles. The van der Waals surface area contributed by atoms with Gasteiger partial charge in [0, 0.05) is 13.1 Å². The summed E-state index contributed by atoms with van der Waals surface area (Å²) in [7, 11) is 0. The Labute approximate surface area is 161 Å². The second-order valence-corrected chi connectivity index (χ2v) is 7.32. The fraction of sp³-hybridized carbons (Fsp3) is 0.286. The van der Waals surface area contributed by atoms with Gasteiger partial charge in [0.15, 0.2) is 0 Å². The van der Waals surface area contributed by atoms with Gasteiger partial charge in [-0.05, 0) is 48.4 Å². The third-order valence-electron chi connectivity index (χ3n) is 5.87. The summed E-state index contributed by atoms with van der Waals surface area (Å²) in [6, 6.07) is 13.9. The van der Waals surface area contributed by atoms with Gasteiger partial charge in [-0.2, -0.15) is 5.26 Å². The van der Waals surface area contributed by atoms with E-state index in [1.807, 2.05) is 17.1 Å². The van der Waals surface area contributed by atoms with Crippen molar-refractivity contribution in [2.24, 2.45) is 5.92 Å². The first-order chi connectivity index (χ1) is 13.6. The highest BCUT2D eigenvalue weighted by atomic mass is 19.1. The van der Waals surface area contributed by atoms with E-state index >= 15 is 0 Å². The highest BCUT2D eigenvalue weighted by molar-refractivity contribution is 6.24. The van der Waals surface area contributed by atoms with E-state index in [2.05, 4.69) is 11.1 Å². The Hall–Kier alpha value is -3.08. The van der Waals surface area contributed by atoms with Crippen molar-refractivity contribution < 1.29 is 14.0 Å². The van der Waals surface area contributed by atoms with Gasteiger partial charge in [-0.3, -0.25) is 9.59 Å². The number of nitriles is 1. The second kappa shape index (κ2) is 6.23. The summed E-state index contributed by atoms with van der Waals surface area (Å²) in [5.41, 5.74) is 1.87. The monoisotopic (exact) mass is 376 g/mol. The van der Waals surface area contributed by atoms with Crippen LogP contribution >= 0.6 is 0 Å². The molecule has 3 aliphatic rings. The van der Waals surface area contributed by atoms with Crippen molar-refractivity contribution in [1.82, 2.24) is 10.0 Å². The molecule has 7 heteroatoms. The molecule has 140 valence electrons. The van der Waals surface area contributed by atoms with Gasteiger partial charge in [0.2, 0.25) is 5.91 Å². The lowest BCUT2D eigenvalue weighted by atomic mass is 9.89. The molecule has 2 aromatic rings. The lowest BCUT2D eigenvalue weighted by Gasteiger charge is -2.29. The summed E-state index contributed by atoms with van der Waals surface area (Å²) in [6.45, 7) is 1.51.